The minimum Gasteiger partial charge on any atom is -0.481 e. The summed E-state index contributed by atoms with van der Waals surface area (Å²) in [5.41, 5.74) is 2.08. The highest BCUT2D eigenvalue weighted by molar-refractivity contribution is 5.73. The highest BCUT2D eigenvalue weighted by Crippen LogP contribution is 2.23. The van der Waals surface area contributed by atoms with E-state index in [1.54, 1.807) is 45.9 Å². The monoisotopic (exact) mass is 524 g/mol. The van der Waals surface area contributed by atoms with Crippen LogP contribution in [-0.2, 0) is 9.59 Å². The molecule has 0 saturated carbocycles. The maximum absolute atomic E-state index is 11.6. The summed E-state index contributed by atoms with van der Waals surface area (Å²) in [5, 5.41) is 68.3. The van der Waals surface area contributed by atoms with Crippen molar-refractivity contribution in [1.82, 2.24) is 0 Å². The van der Waals surface area contributed by atoms with E-state index in [0.29, 0.717) is 17.6 Å². The Kier molecular flexibility index (Phi) is 15.9. The molecule has 37 heavy (non-hydrogen) atoms. The Bertz CT molecular complexity index is 884. The summed E-state index contributed by atoms with van der Waals surface area (Å²) in [6.07, 6.45) is 4.80. The number of hydrogen-bond acceptors (Lipinski definition) is 7. The molecule has 0 aliphatic heterocycles. The van der Waals surface area contributed by atoms with Crippen molar-refractivity contribution in [3.63, 3.8) is 0 Å². The lowest BCUT2D eigenvalue weighted by molar-refractivity contribution is -0.151. The van der Waals surface area contributed by atoms with Gasteiger partial charge in [0.05, 0.1) is 24.2 Å². The molecular weight excluding hydrogens is 480 g/mol. The van der Waals surface area contributed by atoms with Crippen LogP contribution in [0.4, 0.5) is 0 Å². The van der Waals surface area contributed by atoms with Crippen LogP contribution in [0.3, 0.4) is 0 Å². The zero-order chi connectivity index (χ0) is 28.9. The average Bonchev–Trinajstić information content (AvgIpc) is 2.84. The van der Waals surface area contributed by atoms with E-state index in [2.05, 4.69) is 0 Å². The minimum absolute atomic E-state index is 0.0667. The molecule has 0 fully saturated rings. The van der Waals surface area contributed by atoms with Crippen molar-refractivity contribution in [3.8, 4) is 0 Å². The second-order valence-electron chi connectivity index (χ2n) is 9.60. The summed E-state index contributed by atoms with van der Waals surface area (Å²) in [5.74, 6) is -4.03. The van der Waals surface area contributed by atoms with Crippen molar-refractivity contribution in [2.75, 3.05) is 0 Å². The van der Waals surface area contributed by atoms with Gasteiger partial charge in [-0.2, -0.15) is 0 Å². The molecule has 0 unspecified atom stereocenters. The Hall–Kier alpha value is -2.56. The van der Waals surface area contributed by atoms with Crippen LogP contribution < -0.4 is 0 Å². The first-order valence-corrected chi connectivity index (χ1v) is 12.3. The number of carboxylic acid groups (broad SMARTS) is 2. The van der Waals surface area contributed by atoms with Crippen LogP contribution in [0, 0.1) is 17.8 Å². The van der Waals surface area contributed by atoms with Crippen LogP contribution in [-0.4, -0.2) is 78.2 Å². The lowest BCUT2D eigenvalue weighted by atomic mass is 9.89. The third-order valence-electron chi connectivity index (χ3n) is 6.20. The third-order valence-corrected chi connectivity index (χ3v) is 6.20. The molecular formula is C28H44O9. The van der Waals surface area contributed by atoms with Crippen LogP contribution >= 0.6 is 0 Å². The molecule has 0 aliphatic carbocycles. The Balaban J connectivity index is 5.15. The van der Waals surface area contributed by atoms with E-state index >= 15 is 0 Å². The van der Waals surface area contributed by atoms with Gasteiger partial charge in [0, 0.05) is 11.8 Å². The first-order chi connectivity index (χ1) is 17.1. The van der Waals surface area contributed by atoms with Crippen LogP contribution in [0.1, 0.15) is 54.4 Å². The van der Waals surface area contributed by atoms with E-state index in [-0.39, 0.29) is 18.3 Å². The van der Waals surface area contributed by atoms with Crippen LogP contribution in [0.2, 0.25) is 0 Å². The maximum atomic E-state index is 11.6. The Morgan fingerprint density at radius 1 is 0.730 bits per heavy atom. The standard InChI is InChI=1S/C28H44O9/c1-7-16(2)13-21(27(34)35)15-20(6)25(32)19(5)14-18(4)24(31)17(3)11-12-22(29)9-8-10-23(30)26(33)28(36)37/h7-8,10-12,14-15,17,19,21-26,29-33H,9,13H2,1-6H3,(H,34,35)(H,36,37)/b10-8+,12-11+,16-7+,18-14+,20-15+/t17-,19-,21-,22+,23-,24+,25-,26-/m0/s1. The lowest BCUT2D eigenvalue weighted by Crippen LogP contribution is -2.32. The van der Waals surface area contributed by atoms with Crippen molar-refractivity contribution in [3.05, 3.63) is 59.3 Å². The van der Waals surface area contributed by atoms with Gasteiger partial charge in [-0.15, -0.1) is 0 Å². The van der Waals surface area contributed by atoms with E-state index in [9.17, 15) is 40.2 Å². The van der Waals surface area contributed by atoms with Gasteiger partial charge in [-0.25, -0.2) is 4.79 Å². The lowest BCUT2D eigenvalue weighted by Gasteiger charge is -2.22. The van der Waals surface area contributed by atoms with E-state index < -0.39 is 48.4 Å². The van der Waals surface area contributed by atoms with Gasteiger partial charge < -0.3 is 35.7 Å². The SMILES string of the molecule is C/C=C(\C)C[C@@H](/C=C(\C)[C@@H](O)[C@@H](C)/C=C(\C)[C@H](O)[C@@H](C)/C=C/[C@H](O)C/C=C/[C@H](O)[C@H](O)C(=O)O)C(=O)O. The van der Waals surface area contributed by atoms with Gasteiger partial charge in [-0.05, 0) is 51.7 Å². The second-order valence-corrected chi connectivity index (χ2v) is 9.60. The fourth-order valence-electron chi connectivity index (χ4n) is 3.63. The van der Waals surface area contributed by atoms with Gasteiger partial charge in [0.15, 0.2) is 6.10 Å². The third kappa shape index (κ3) is 13.0. The molecule has 0 bridgehead atoms. The first kappa shape index (κ1) is 34.4. The summed E-state index contributed by atoms with van der Waals surface area (Å²) < 4.78 is 0. The molecule has 8 atom stereocenters. The highest BCUT2D eigenvalue weighted by atomic mass is 16.4. The summed E-state index contributed by atoms with van der Waals surface area (Å²) in [4.78, 5) is 22.2. The van der Waals surface area contributed by atoms with Crippen LogP contribution in [0.5, 0.6) is 0 Å². The van der Waals surface area contributed by atoms with E-state index in [4.69, 9.17) is 5.11 Å². The Morgan fingerprint density at radius 2 is 1.27 bits per heavy atom. The van der Waals surface area contributed by atoms with Crippen molar-refractivity contribution in [1.29, 1.82) is 0 Å². The van der Waals surface area contributed by atoms with Gasteiger partial charge in [0.2, 0.25) is 0 Å². The predicted octanol–water partition coefficient (Wildman–Crippen LogP) is 2.60. The quantitative estimate of drug-likeness (QED) is 0.150. The number of hydrogen-bond donors (Lipinski definition) is 7. The topological polar surface area (TPSA) is 176 Å². The number of carboxylic acids is 2. The molecule has 0 saturated heterocycles. The molecule has 0 aromatic rings. The number of aliphatic hydroxyl groups excluding tert-OH is 5. The first-order valence-electron chi connectivity index (χ1n) is 12.3. The largest absolute Gasteiger partial charge is 0.481 e. The van der Waals surface area contributed by atoms with Gasteiger partial charge in [0.1, 0.15) is 6.10 Å². The van der Waals surface area contributed by atoms with Crippen molar-refractivity contribution in [2.45, 2.75) is 84.9 Å². The number of aliphatic carboxylic acids is 2. The predicted molar refractivity (Wildman–Crippen MR) is 142 cm³/mol. The molecule has 0 heterocycles. The van der Waals surface area contributed by atoms with E-state index in [1.165, 1.54) is 12.2 Å². The van der Waals surface area contributed by atoms with Gasteiger partial charge >= 0.3 is 11.9 Å². The molecule has 0 radical (unpaired) electrons. The molecule has 0 aromatic heterocycles. The van der Waals surface area contributed by atoms with Crippen LogP contribution in [0.15, 0.2) is 59.3 Å². The number of rotatable bonds is 16. The molecule has 0 amide bonds. The molecule has 0 aromatic carbocycles. The molecule has 9 heteroatoms. The number of carbonyl (C=O) groups is 2. The Morgan fingerprint density at radius 3 is 1.78 bits per heavy atom. The van der Waals surface area contributed by atoms with Gasteiger partial charge in [-0.1, -0.05) is 62.0 Å². The Labute approximate surface area is 219 Å². The molecule has 210 valence electrons. The molecule has 7 N–H and O–H groups in total. The molecule has 0 rings (SSSR count). The number of aliphatic hydroxyl groups is 5. The fraction of sp³-hybridized carbons (Fsp3) is 0.571. The maximum Gasteiger partial charge on any atom is 0.335 e. The molecule has 0 aliphatic rings. The fourth-order valence-corrected chi connectivity index (χ4v) is 3.63. The van der Waals surface area contributed by atoms with Gasteiger partial charge in [-0.3, -0.25) is 4.79 Å². The summed E-state index contributed by atoms with van der Waals surface area (Å²) in [6, 6.07) is 0. The molecule has 0 spiro atoms. The zero-order valence-electron chi connectivity index (χ0n) is 22.5. The van der Waals surface area contributed by atoms with Crippen LogP contribution in [0.25, 0.3) is 0 Å². The highest BCUT2D eigenvalue weighted by Gasteiger charge is 2.22. The van der Waals surface area contributed by atoms with Gasteiger partial charge in [0.25, 0.3) is 0 Å². The minimum atomic E-state index is -1.95. The van der Waals surface area contributed by atoms with Crippen molar-refractivity contribution >= 4 is 11.9 Å². The van der Waals surface area contributed by atoms with E-state index in [0.717, 1.165) is 11.6 Å². The summed E-state index contributed by atoms with van der Waals surface area (Å²) in [7, 11) is 0. The number of allylic oxidation sites excluding steroid dienone is 2. The average molecular weight is 525 g/mol. The van der Waals surface area contributed by atoms with Crippen molar-refractivity contribution < 1.29 is 45.3 Å². The summed E-state index contributed by atoms with van der Waals surface area (Å²) >= 11 is 0. The van der Waals surface area contributed by atoms with Crippen molar-refractivity contribution in [2.24, 2.45) is 17.8 Å². The molecule has 9 nitrogen and oxygen atoms in total. The van der Waals surface area contributed by atoms with E-state index in [1.807, 2.05) is 19.9 Å². The summed E-state index contributed by atoms with van der Waals surface area (Å²) in [6.45, 7) is 10.6. The second kappa shape index (κ2) is 17.0. The zero-order valence-corrected chi connectivity index (χ0v) is 22.5. The normalized spacial score (nSPS) is 20.4. The smallest absolute Gasteiger partial charge is 0.335 e.